The average molecular weight is 289 g/mol. The molecule has 0 aliphatic heterocycles. The predicted molar refractivity (Wildman–Crippen MR) is 77.1 cm³/mol. The normalized spacial score (nSPS) is 11.7. The highest BCUT2D eigenvalue weighted by Gasteiger charge is 2.19. The Kier molecular flexibility index (Phi) is 4.17. The highest BCUT2D eigenvalue weighted by atomic mass is 16.6. The van der Waals surface area contributed by atoms with Crippen molar-refractivity contribution in [3.05, 3.63) is 51.8 Å². The summed E-state index contributed by atoms with van der Waals surface area (Å²) in [5.41, 5.74) is 1.32. The summed E-state index contributed by atoms with van der Waals surface area (Å²) in [4.78, 5) is 22.2. The second-order valence-electron chi connectivity index (χ2n) is 4.47. The number of aromatic nitrogens is 2. The van der Waals surface area contributed by atoms with Crippen LogP contribution in [-0.2, 0) is 0 Å². The number of carbonyl (C=O) groups is 1. The van der Waals surface area contributed by atoms with Crippen LogP contribution >= 0.6 is 0 Å². The molecule has 1 aromatic heterocycles. The second kappa shape index (κ2) is 6.04. The van der Waals surface area contributed by atoms with Crippen molar-refractivity contribution in [3.63, 3.8) is 0 Å². The molecule has 0 aliphatic carbocycles. The molecule has 0 saturated carbocycles. The Bertz CT molecular complexity index is 654. The number of hydrogen-bond donors (Lipinski definition) is 3. The number of hydrogen-bond acceptors (Lipinski definition) is 5. The maximum Gasteiger partial charge on any atom is 0.293 e. The number of rotatable bonds is 5. The fraction of sp³-hybridized carbons (Fsp3) is 0.231. The van der Waals surface area contributed by atoms with Crippen LogP contribution in [0.5, 0.6) is 0 Å². The van der Waals surface area contributed by atoms with Gasteiger partial charge in [0.1, 0.15) is 5.69 Å². The number of H-pyrrole nitrogens is 1. The topological polar surface area (TPSA) is 113 Å². The van der Waals surface area contributed by atoms with Crippen molar-refractivity contribution in [1.82, 2.24) is 15.5 Å². The molecule has 2 aromatic rings. The van der Waals surface area contributed by atoms with Gasteiger partial charge in [0.25, 0.3) is 11.6 Å². The highest BCUT2D eigenvalue weighted by molar-refractivity contribution is 5.95. The summed E-state index contributed by atoms with van der Waals surface area (Å²) in [5.74, 6) is -0.368. The van der Waals surface area contributed by atoms with Gasteiger partial charge in [-0.15, -0.1) is 0 Å². The molecule has 1 atom stereocenters. The zero-order chi connectivity index (χ0) is 15.4. The Balaban J connectivity index is 2.30. The van der Waals surface area contributed by atoms with E-state index in [9.17, 15) is 14.9 Å². The Hall–Kier alpha value is -2.90. The van der Waals surface area contributed by atoms with Gasteiger partial charge in [0, 0.05) is 30.4 Å². The summed E-state index contributed by atoms with van der Waals surface area (Å²) in [6.45, 7) is 1.86. The fourth-order valence-corrected chi connectivity index (χ4v) is 1.90. The molecule has 0 radical (unpaired) electrons. The van der Waals surface area contributed by atoms with Crippen molar-refractivity contribution < 1.29 is 9.72 Å². The zero-order valence-corrected chi connectivity index (χ0v) is 11.6. The molecule has 0 fully saturated rings. The van der Waals surface area contributed by atoms with Gasteiger partial charge in [0.05, 0.1) is 17.2 Å². The van der Waals surface area contributed by atoms with Gasteiger partial charge in [-0.05, 0) is 19.1 Å². The highest BCUT2D eigenvalue weighted by Crippen LogP contribution is 2.29. The van der Waals surface area contributed by atoms with E-state index in [0.717, 1.165) is 5.56 Å². The minimum absolute atomic E-state index is 0.147. The van der Waals surface area contributed by atoms with Crippen molar-refractivity contribution in [2.45, 2.75) is 13.0 Å². The summed E-state index contributed by atoms with van der Waals surface area (Å²) in [7, 11) is 1.47. The summed E-state index contributed by atoms with van der Waals surface area (Å²) < 4.78 is 0. The van der Waals surface area contributed by atoms with Crippen LogP contribution in [0.3, 0.4) is 0 Å². The molecule has 0 spiro atoms. The third-order valence-corrected chi connectivity index (χ3v) is 3.08. The van der Waals surface area contributed by atoms with Gasteiger partial charge in [-0.2, -0.15) is 5.10 Å². The first-order valence-corrected chi connectivity index (χ1v) is 6.28. The van der Waals surface area contributed by atoms with Gasteiger partial charge in [-0.3, -0.25) is 20.0 Å². The molecule has 8 nitrogen and oxygen atoms in total. The maximum absolute atomic E-state index is 11.5. The molecule has 1 aromatic carbocycles. The van der Waals surface area contributed by atoms with Crippen LogP contribution in [0.4, 0.5) is 11.4 Å². The van der Waals surface area contributed by atoms with E-state index in [1.165, 1.54) is 25.2 Å². The Morgan fingerprint density at radius 1 is 1.48 bits per heavy atom. The van der Waals surface area contributed by atoms with E-state index in [1.807, 2.05) is 6.92 Å². The lowest BCUT2D eigenvalue weighted by Crippen LogP contribution is -2.18. The quantitative estimate of drug-likeness (QED) is 0.574. The molecule has 110 valence electrons. The molecule has 0 saturated heterocycles. The first-order valence-electron chi connectivity index (χ1n) is 6.28. The zero-order valence-electron chi connectivity index (χ0n) is 11.6. The summed E-state index contributed by atoms with van der Waals surface area (Å²) in [6.07, 6.45) is 3.35. The van der Waals surface area contributed by atoms with E-state index in [2.05, 4.69) is 20.8 Å². The van der Waals surface area contributed by atoms with Crippen molar-refractivity contribution in [2.24, 2.45) is 0 Å². The number of benzene rings is 1. The molecule has 0 aliphatic rings. The lowest BCUT2D eigenvalue weighted by atomic mass is 10.1. The summed E-state index contributed by atoms with van der Waals surface area (Å²) >= 11 is 0. The van der Waals surface area contributed by atoms with Gasteiger partial charge >= 0.3 is 0 Å². The number of nitro groups is 1. The molecule has 1 unspecified atom stereocenters. The largest absolute Gasteiger partial charge is 0.373 e. The molecule has 8 heteroatoms. The Morgan fingerprint density at radius 3 is 2.81 bits per heavy atom. The first-order chi connectivity index (χ1) is 10.0. The lowest BCUT2D eigenvalue weighted by molar-refractivity contribution is -0.384. The molecule has 21 heavy (non-hydrogen) atoms. The molecular weight excluding hydrogens is 274 g/mol. The molecule has 1 amide bonds. The molecule has 2 rings (SSSR count). The van der Waals surface area contributed by atoms with Crippen molar-refractivity contribution >= 4 is 17.3 Å². The minimum Gasteiger partial charge on any atom is -0.373 e. The van der Waals surface area contributed by atoms with Crippen molar-refractivity contribution in [2.75, 3.05) is 12.4 Å². The van der Waals surface area contributed by atoms with Gasteiger partial charge in [-0.25, -0.2) is 0 Å². The third kappa shape index (κ3) is 3.16. The summed E-state index contributed by atoms with van der Waals surface area (Å²) in [5, 5.41) is 23.2. The number of aromatic amines is 1. The van der Waals surface area contributed by atoms with Crippen LogP contribution < -0.4 is 10.6 Å². The van der Waals surface area contributed by atoms with Crippen LogP contribution in [0, 0.1) is 10.1 Å². The summed E-state index contributed by atoms with van der Waals surface area (Å²) in [6, 6.07) is 4.16. The fourth-order valence-electron chi connectivity index (χ4n) is 1.90. The number of nitrogens with zero attached hydrogens (tertiary/aromatic N) is 2. The van der Waals surface area contributed by atoms with Crippen molar-refractivity contribution in [1.29, 1.82) is 0 Å². The maximum atomic E-state index is 11.5. The van der Waals surface area contributed by atoms with E-state index in [4.69, 9.17) is 0 Å². The predicted octanol–water partition coefficient (Wildman–Crippen LogP) is 1.85. The van der Waals surface area contributed by atoms with Crippen LogP contribution in [0.2, 0.25) is 0 Å². The van der Waals surface area contributed by atoms with E-state index >= 15 is 0 Å². The van der Waals surface area contributed by atoms with Gasteiger partial charge in [0.15, 0.2) is 0 Å². The average Bonchev–Trinajstić information content (AvgIpc) is 3.00. The van der Waals surface area contributed by atoms with Gasteiger partial charge in [0.2, 0.25) is 0 Å². The SMILES string of the molecule is CNC(=O)c1ccc(NC(C)c2cn[nH]c2)c([N+](=O)[O-])c1. The van der Waals surface area contributed by atoms with E-state index < -0.39 is 4.92 Å². The van der Waals surface area contributed by atoms with Crippen LogP contribution in [-0.4, -0.2) is 28.1 Å². The van der Waals surface area contributed by atoms with Crippen LogP contribution in [0.15, 0.2) is 30.6 Å². The molecular formula is C13H15N5O3. The lowest BCUT2D eigenvalue weighted by Gasteiger charge is -2.14. The van der Waals surface area contributed by atoms with Crippen LogP contribution in [0.1, 0.15) is 28.9 Å². The number of anilines is 1. The van der Waals surface area contributed by atoms with Gasteiger partial charge in [-0.1, -0.05) is 0 Å². The van der Waals surface area contributed by atoms with E-state index in [0.29, 0.717) is 5.69 Å². The number of amides is 1. The Morgan fingerprint density at radius 2 is 2.24 bits per heavy atom. The van der Waals surface area contributed by atoms with E-state index in [1.54, 1.807) is 12.4 Å². The molecule has 0 bridgehead atoms. The number of nitro benzene ring substituents is 1. The van der Waals surface area contributed by atoms with E-state index in [-0.39, 0.29) is 23.2 Å². The molecule has 3 N–H and O–H groups in total. The van der Waals surface area contributed by atoms with Gasteiger partial charge < -0.3 is 10.6 Å². The molecule has 1 heterocycles. The third-order valence-electron chi connectivity index (χ3n) is 3.08. The first kappa shape index (κ1) is 14.5. The number of nitrogens with one attached hydrogen (secondary N) is 3. The minimum atomic E-state index is -0.517. The smallest absolute Gasteiger partial charge is 0.293 e. The Labute approximate surface area is 120 Å². The number of carbonyl (C=O) groups excluding carboxylic acids is 1. The standard InChI is InChI=1S/C13H15N5O3/c1-8(10-6-15-16-7-10)17-11-4-3-9(13(19)14-2)5-12(11)18(20)21/h3-8,17H,1-2H3,(H,14,19)(H,15,16). The van der Waals surface area contributed by atoms with Crippen molar-refractivity contribution in [3.8, 4) is 0 Å². The van der Waals surface area contributed by atoms with Crippen LogP contribution in [0.25, 0.3) is 0 Å². The second-order valence-corrected chi connectivity index (χ2v) is 4.47. The monoisotopic (exact) mass is 289 g/mol.